The molecule has 1 saturated heterocycles. The van der Waals surface area contributed by atoms with E-state index in [4.69, 9.17) is 11.6 Å². The summed E-state index contributed by atoms with van der Waals surface area (Å²) in [5.74, 6) is -0.329. The van der Waals surface area contributed by atoms with Crippen LogP contribution in [0.15, 0.2) is 24.3 Å². The lowest BCUT2D eigenvalue weighted by molar-refractivity contribution is 0.102. The summed E-state index contributed by atoms with van der Waals surface area (Å²) in [6, 6.07) is 6.57. The van der Waals surface area contributed by atoms with Gasteiger partial charge in [-0.05, 0) is 57.9 Å². The summed E-state index contributed by atoms with van der Waals surface area (Å²) in [4.78, 5) is 26.7. The normalized spacial score (nSPS) is 17.0. The predicted molar refractivity (Wildman–Crippen MR) is 106 cm³/mol. The van der Waals surface area contributed by atoms with Crippen LogP contribution < -0.4 is 10.6 Å². The highest BCUT2D eigenvalue weighted by Crippen LogP contribution is 2.34. The van der Waals surface area contributed by atoms with Crippen molar-refractivity contribution < 1.29 is 9.59 Å². The first-order valence-electron chi connectivity index (χ1n) is 8.72. The van der Waals surface area contributed by atoms with Gasteiger partial charge in [0.25, 0.3) is 5.91 Å². The van der Waals surface area contributed by atoms with E-state index in [9.17, 15) is 9.59 Å². The van der Waals surface area contributed by atoms with Crippen LogP contribution in [-0.4, -0.2) is 39.1 Å². The number of likely N-dealkylation sites (tertiary alicyclic amines) is 1. The van der Waals surface area contributed by atoms with Gasteiger partial charge in [0.1, 0.15) is 5.01 Å². The molecule has 1 aromatic heterocycles. The van der Waals surface area contributed by atoms with Crippen LogP contribution >= 0.6 is 22.9 Å². The SMILES string of the molecule is CC(C)(C)NC(=O)N1CCCC1c1nnc(C(=O)Nc2ccc(Cl)cc2)s1. The van der Waals surface area contributed by atoms with E-state index in [1.807, 2.05) is 20.8 Å². The van der Waals surface area contributed by atoms with Gasteiger partial charge in [-0.25, -0.2) is 4.79 Å². The lowest BCUT2D eigenvalue weighted by Gasteiger charge is -2.28. The molecule has 1 unspecified atom stereocenters. The Bertz CT molecular complexity index is 831. The molecule has 0 radical (unpaired) electrons. The van der Waals surface area contributed by atoms with E-state index < -0.39 is 0 Å². The molecule has 1 aliphatic heterocycles. The summed E-state index contributed by atoms with van der Waals surface area (Å²) >= 11 is 7.07. The molecule has 1 fully saturated rings. The Balaban J connectivity index is 1.69. The van der Waals surface area contributed by atoms with Crippen molar-refractivity contribution >= 4 is 40.6 Å². The van der Waals surface area contributed by atoms with Crippen molar-refractivity contribution in [1.29, 1.82) is 0 Å². The average molecular weight is 408 g/mol. The summed E-state index contributed by atoms with van der Waals surface area (Å²) in [5, 5.41) is 15.5. The molecule has 1 aromatic carbocycles. The second-order valence-electron chi connectivity index (χ2n) is 7.44. The first kappa shape index (κ1) is 19.6. The number of carbonyl (C=O) groups excluding carboxylic acids is 2. The Labute approximate surface area is 167 Å². The average Bonchev–Trinajstić information content (AvgIpc) is 3.24. The van der Waals surface area contributed by atoms with Crippen LogP contribution in [0, 0.1) is 0 Å². The van der Waals surface area contributed by atoms with Crippen molar-refractivity contribution in [3.63, 3.8) is 0 Å². The van der Waals surface area contributed by atoms with Gasteiger partial charge in [-0.2, -0.15) is 0 Å². The smallest absolute Gasteiger partial charge is 0.318 e. The minimum absolute atomic E-state index is 0.118. The van der Waals surface area contributed by atoms with E-state index in [0.29, 0.717) is 22.3 Å². The topological polar surface area (TPSA) is 87.2 Å². The number of nitrogens with one attached hydrogen (secondary N) is 2. The highest BCUT2D eigenvalue weighted by molar-refractivity contribution is 7.13. The molecule has 0 spiro atoms. The number of rotatable bonds is 3. The van der Waals surface area contributed by atoms with E-state index in [1.165, 1.54) is 11.3 Å². The number of nitrogens with zero attached hydrogens (tertiary/aromatic N) is 3. The monoisotopic (exact) mass is 407 g/mol. The number of amides is 3. The molecule has 3 rings (SSSR count). The van der Waals surface area contributed by atoms with E-state index in [2.05, 4.69) is 20.8 Å². The van der Waals surface area contributed by atoms with Crippen molar-refractivity contribution in [1.82, 2.24) is 20.4 Å². The van der Waals surface area contributed by atoms with E-state index in [1.54, 1.807) is 29.2 Å². The van der Waals surface area contributed by atoms with Gasteiger partial charge in [0.2, 0.25) is 5.01 Å². The Morgan fingerprint density at radius 3 is 2.59 bits per heavy atom. The van der Waals surface area contributed by atoms with Gasteiger partial charge >= 0.3 is 6.03 Å². The molecule has 0 saturated carbocycles. The van der Waals surface area contributed by atoms with Crippen LogP contribution in [0.2, 0.25) is 5.02 Å². The fourth-order valence-electron chi connectivity index (χ4n) is 2.84. The van der Waals surface area contributed by atoms with Gasteiger partial charge in [-0.1, -0.05) is 22.9 Å². The molecule has 2 aromatic rings. The highest BCUT2D eigenvalue weighted by atomic mass is 35.5. The maximum absolute atomic E-state index is 12.5. The molecule has 2 heterocycles. The zero-order chi connectivity index (χ0) is 19.6. The number of hydrogen-bond acceptors (Lipinski definition) is 5. The first-order chi connectivity index (χ1) is 12.7. The van der Waals surface area contributed by atoms with E-state index in [0.717, 1.165) is 12.8 Å². The molecule has 27 heavy (non-hydrogen) atoms. The van der Waals surface area contributed by atoms with Gasteiger partial charge in [0.05, 0.1) is 6.04 Å². The van der Waals surface area contributed by atoms with Crippen molar-refractivity contribution in [2.24, 2.45) is 0 Å². The minimum Gasteiger partial charge on any atom is -0.333 e. The lowest BCUT2D eigenvalue weighted by atomic mass is 10.1. The third-order valence-electron chi connectivity index (χ3n) is 4.02. The number of hydrogen-bond donors (Lipinski definition) is 2. The summed E-state index contributed by atoms with van der Waals surface area (Å²) in [6.07, 6.45) is 1.71. The fourth-order valence-corrected chi connectivity index (χ4v) is 3.85. The van der Waals surface area contributed by atoms with Gasteiger partial charge < -0.3 is 15.5 Å². The summed E-state index contributed by atoms with van der Waals surface area (Å²) in [6.45, 7) is 6.50. The molecule has 1 atom stereocenters. The number of anilines is 1. The van der Waals surface area contributed by atoms with Crippen LogP contribution in [0.5, 0.6) is 0 Å². The number of urea groups is 1. The number of carbonyl (C=O) groups is 2. The molecule has 2 N–H and O–H groups in total. The third kappa shape index (κ3) is 4.95. The number of aromatic nitrogens is 2. The lowest BCUT2D eigenvalue weighted by Crippen LogP contribution is -2.48. The minimum atomic E-state index is -0.329. The standard InChI is InChI=1S/C18H22ClN5O2S/c1-18(2,3)21-17(26)24-10-4-5-13(24)15-22-23-16(27-15)14(25)20-12-8-6-11(19)7-9-12/h6-9,13H,4-5,10H2,1-3H3,(H,20,25)(H,21,26). The molecule has 3 amide bonds. The maximum atomic E-state index is 12.5. The number of halogens is 1. The number of benzene rings is 1. The molecule has 1 aliphatic rings. The molecule has 0 aliphatic carbocycles. The van der Waals surface area contributed by atoms with Crippen molar-refractivity contribution in [3.05, 3.63) is 39.3 Å². The highest BCUT2D eigenvalue weighted by Gasteiger charge is 2.34. The van der Waals surface area contributed by atoms with E-state index >= 15 is 0 Å². The molecule has 144 valence electrons. The Morgan fingerprint density at radius 2 is 1.93 bits per heavy atom. The van der Waals surface area contributed by atoms with Crippen molar-refractivity contribution in [3.8, 4) is 0 Å². The fraction of sp³-hybridized carbons (Fsp3) is 0.444. The van der Waals surface area contributed by atoms with Crippen LogP contribution in [0.1, 0.15) is 54.5 Å². The van der Waals surface area contributed by atoms with Crippen molar-refractivity contribution in [2.45, 2.75) is 45.2 Å². The van der Waals surface area contributed by atoms with Crippen LogP contribution in [0.3, 0.4) is 0 Å². The molecule has 7 nitrogen and oxygen atoms in total. The second kappa shape index (κ2) is 7.82. The zero-order valence-electron chi connectivity index (χ0n) is 15.5. The van der Waals surface area contributed by atoms with Gasteiger partial charge in [-0.15, -0.1) is 10.2 Å². The Morgan fingerprint density at radius 1 is 1.22 bits per heavy atom. The van der Waals surface area contributed by atoms with Crippen LogP contribution in [0.4, 0.5) is 10.5 Å². The van der Waals surface area contributed by atoms with Crippen LogP contribution in [-0.2, 0) is 0 Å². The zero-order valence-corrected chi connectivity index (χ0v) is 17.0. The predicted octanol–water partition coefficient (Wildman–Crippen LogP) is 4.09. The summed E-state index contributed by atoms with van der Waals surface area (Å²) in [5.41, 5.74) is 0.322. The maximum Gasteiger partial charge on any atom is 0.318 e. The van der Waals surface area contributed by atoms with E-state index in [-0.39, 0.29) is 28.5 Å². The summed E-state index contributed by atoms with van der Waals surface area (Å²) < 4.78 is 0. The summed E-state index contributed by atoms with van der Waals surface area (Å²) in [7, 11) is 0. The molecule has 9 heteroatoms. The van der Waals surface area contributed by atoms with Gasteiger partial charge in [0.15, 0.2) is 0 Å². The third-order valence-corrected chi connectivity index (χ3v) is 5.29. The molecular weight excluding hydrogens is 386 g/mol. The van der Waals surface area contributed by atoms with Crippen molar-refractivity contribution in [2.75, 3.05) is 11.9 Å². The molecular formula is C18H22ClN5O2S. The van der Waals surface area contributed by atoms with Crippen LogP contribution in [0.25, 0.3) is 0 Å². The van der Waals surface area contributed by atoms with Gasteiger partial charge in [-0.3, -0.25) is 4.79 Å². The first-order valence-corrected chi connectivity index (χ1v) is 9.91. The second-order valence-corrected chi connectivity index (χ2v) is 8.88. The largest absolute Gasteiger partial charge is 0.333 e. The van der Waals surface area contributed by atoms with Gasteiger partial charge in [0, 0.05) is 22.8 Å². The Hall–Kier alpha value is -2.19. The quantitative estimate of drug-likeness (QED) is 0.802. The Kier molecular flexibility index (Phi) is 5.67. The molecule has 0 bridgehead atoms.